The summed E-state index contributed by atoms with van der Waals surface area (Å²) in [6.45, 7) is 0.885. The molecule has 0 saturated carbocycles. The second-order valence-corrected chi connectivity index (χ2v) is 8.38. The zero-order valence-corrected chi connectivity index (χ0v) is 14.8. The molecule has 2 aromatic carbocycles. The van der Waals surface area contributed by atoms with Crippen LogP contribution in [0.25, 0.3) is 11.1 Å². The first-order chi connectivity index (χ1) is 12.0. The summed E-state index contributed by atoms with van der Waals surface area (Å²) in [5.41, 5.74) is 3.71. The van der Waals surface area contributed by atoms with Crippen LogP contribution in [0.5, 0.6) is 11.5 Å². The Bertz CT molecular complexity index is 887. The number of hydrogen-bond donors (Lipinski definition) is 0. The van der Waals surface area contributed by atoms with E-state index in [9.17, 15) is 13.2 Å². The van der Waals surface area contributed by atoms with Crippen LogP contribution in [0, 0.1) is 0 Å². The number of rotatable bonds is 6. The van der Waals surface area contributed by atoms with Gasteiger partial charge in [-0.15, -0.1) is 0 Å². The smallest absolute Gasteiger partial charge is 0.150 e. The maximum absolute atomic E-state index is 11.1. The van der Waals surface area contributed by atoms with E-state index >= 15 is 0 Å². The summed E-state index contributed by atoms with van der Waals surface area (Å²) in [5, 5.41) is 0. The molecule has 0 aromatic heterocycles. The third-order valence-electron chi connectivity index (χ3n) is 4.07. The number of aldehydes is 1. The van der Waals surface area contributed by atoms with Crippen LogP contribution in [0.2, 0.25) is 0 Å². The highest BCUT2D eigenvalue weighted by molar-refractivity contribution is 7.90. The molecular formula is C19H20O5S. The fraction of sp³-hybridized carbons (Fsp3) is 0.316. The SMILES string of the molecule is CS(=O)(=O)CCCOc1ccc2c(c1)OCCc1ccc(C=O)cc1-2. The Labute approximate surface area is 147 Å². The van der Waals surface area contributed by atoms with Gasteiger partial charge in [-0.25, -0.2) is 8.42 Å². The Hall–Kier alpha value is -2.34. The monoisotopic (exact) mass is 360 g/mol. The van der Waals surface area contributed by atoms with Crippen molar-refractivity contribution < 1.29 is 22.7 Å². The first kappa shape index (κ1) is 17.5. The van der Waals surface area contributed by atoms with Gasteiger partial charge in [0.15, 0.2) is 0 Å². The molecule has 3 rings (SSSR count). The quantitative estimate of drug-likeness (QED) is 0.585. The molecule has 132 valence electrons. The number of sulfone groups is 1. The van der Waals surface area contributed by atoms with Gasteiger partial charge in [-0.05, 0) is 35.7 Å². The highest BCUT2D eigenvalue weighted by Crippen LogP contribution is 2.38. The normalized spacial score (nSPS) is 13.2. The molecular weight excluding hydrogens is 340 g/mol. The number of ether oxygens (including phenoxy) is 2. The van der Waals surface area contributed by atoms with Crippen molar-refractivity contribution in [2.75, 3.05) is 25.2 Å². The van der Waals surface area contributed by atoms with Gasteiger partial charge in [0.25, 0.3) is 0 Å². The lowest BCUT2D eigenvalue weighted by molar-refractivity contribution is 0.112. The molecule has 0 N–H and O–H groups in total. The molecule has 2 aromatic rings. The number of benzene rings is 2. The largest absolute Gasteiger partial charge is 0.493 e. The molecule has 0 unspecified atom stereocenters. The summed E-state index contributed by atoms with van der Waals surface area (Å²) in [4.78, 5) is 11.1. The summed E-state index contributed by atoms with van der Waals surface area (Å²) >= 11 is 0. The Balaban J connectivity index is 1.80. The van der Waals surface area contributed by atoms with Crippen molar-refractivity contribution in [1.82, 2.24) is 0 Å². The second kappa shape index (κ2) is 7.27. The first-order valence-electron chi connectivity index (χ1n) is 8.12. The van der Waals surface area contributed by atoms with Crippen molar-refractivity contribution in [1.29, 1.82) is 0 Å². The summed E-state index contributed by atoms with van der Waals surface area (Å²) in [5.74, 6) is 1.46. The van der Waals surface area contributed by atoms with Gasteiger partial charge in [0.05, 0.1) is 19.0 Å². The summed E-state index contributed by atoms with van der Waals surface area (Å²) in [6.07, 6.45) is 3.27. The van der Waals surface area contributed by atoms with Crippen molar-refractivity contribution in [3.8, 4) is 22.6 Å². The van der Waals surface area contributed by atoms with Crippen LogP contribution < -0.4 is 9.47 Å². The molecule has 0 amide bonds. The van der Waals surface area contributed by atoms with E-state index in [1.54, 1.807) is 0 Å². The lowest BCUT2D eigenvalue weighted by Crippen LogP contribution is -2.08. The lowest BCUT2D eigenvalue weighted by atomic mass is 9.96. The minimum absolute atomic E-state index is 0.107. The summed E-state index contributed by atoms with van der Waals surface area (Å²) < 4.78 is 33.8. The van der Waals surface area contributed by atoms with E-state index in [0.717, 1.165) is 29.4 Å². The van der Waals surface area contributed by atoms with Gasteiger partial charge < -0.3 is 9.47 Å². The number of carbonyl (C=O) groups is 1. The molecule has 1 aliphatic heterocycles. The minimum Gasteiger partial charge on any atom is -0.493 e. The number of carbonyl (C=O) groups excluding carboxylic acids is 1. The predicted octanol–water partition coefficient (Wildman–Crippen LogP) is 2.91. The van der Waals surface area contributed by atoms with E-state index in [1.165, 1.54) is 6.26 Å². The molecule has 0 bridgehead atoms. The minimum atomic E-state index is -2.97. The second-order valence-electron chi connectivity index (χ2n) is 6.12. The van der Waals surface area contributed by atoms with Crippen molar-refractivity contribution in [2.24, 2.45) is 0 Å². The lowest BCUT2D eigenvalue weighted by Gasteiger charge is -2.12. The van der Waals surface area contributed by atoms with E-state index in [2.05, 4.69) is 0 Å². The highest BCUT2D eigenvalue weighted by atomic mass is 32.2. The third kappa shape index (κ3) is 4.39. The molecule has 1 aliphatic rings. The van der Waals surface area contributed by atoms with E-state index in [4.69, 9.17) is 9.47 Å². The van der Waals surface area contributed by atoms with Crippen molar-refractivity contribution in [3.63, 3.8) is 0 Å². The van der Waals surface area contributed by atoms with Crippen molar-refractivity contribution >= 4 is 16.1 Å². The highest BCUT2D eigenvalue weighted by Gasteiger charge is 2.17. The average molecular weight is 360 g/mol. The van der Waals surface area contributed by atoms with E-state index in [0.29, 0.717) is 36.7 Å². The molecule has 0 spiro atoms. The van der Waals surface area contributed by atoms with Gasteiger partial charge in [0.2, 0.25) is 0 Å². The molecule has 0 aliphatic carbocycles. The Morgan fingerprint density at radius 1 is 1.16 bits per heavy atom. The molecule has 6 heteroatoms. The Kier molecular flexibility index (Phi) is 5.08. The van der Waals surface area contributed by atoms with Crippen LogP contribution in [-0.4, -0.2) is 39.9 Å². The summed E-state index contributed by atoms with van der Waals surface area (Å²) in [6, 6.07) is 11.2. The maximum Gasteiger partial charge on any atom is 0.150 e. The van der Waals surface area contributed by atoms with Crippen LogP contribution in [-0.2, 0) is 16.3 Å². The number of hydrogen-bond acceptors (Lipinski definition) is 5. The first-order valence-corrected chi connectivity index (χ1v) is 10.2. The molecule has 1 heterocycles. The Morgan fingerprint density at radius 2 is 2.00 bits per heavy atom. The Morgan fingerprint density at radius 3 is 2.76 bits per heavy atom. The molecule has 5 nitrogen and oxygen atoms in total. The predicted molar refractivity (Wildman–Crippen MR) is 96.3 cm³/mol. The fourth-order valence-corrected chi connectivity index (χ4v) is 3.49. The van der Waals surface area contributed by atoms with Gasteiger partial charge >= 0.3 is 0 Å². The van der Waals surface area contributed by atoms with Gasteiger partial charge in [0.1, 0.15) is 27.6 Å². The van der Waals surface area contributed by atoms with E-state index in [-0.39, 0.29) is 5.75 Å². The van der Waals surface area contributed by atoms with Gasteiger partial charge in [-0.1, -0.05) is 12.1 Å². The molecule has 25 heavy (non-hydrogen) atoms. The third-order valence-corrected chi connectivity index (χ3v) is 5.10. The average Bonchev–Trinajstić information content (AvgIpc) is 2.76. The number of fused-ring (bicyclic) bond motifs is 3. The van der Waals surface area contributed by atoms with Gasteiger partial charge in [0, 0.05) is 29.9 Å². The molecule has 0 atom stereocenters. The van der Waals surface area contributed by atoms with E-state index < -0.39 is 9.84 Å². The van der Waals surface area contributed by atoms with Gasteiger partial charge in [-0.2, -0.15) is 0 Å². The zero-order chi connectivity index (χ0) is 17.9. The van der Waals surface area contributed by atoms with Crippen molar-refractivity contribution in [3.05, 3.63) is 47.5 Å². The van der Waals surface area contributed by atoms with Crippen LogP contribution >= 0.6 is 0 Å². The van der Waals surface area contributed by atoms with Crippen molar-refractivity contribution in [2.45, 2.75) is 12.8 Å². The summed E-state index contributed by atoms with van der Waals surface area (Å²) in [7, 11) is -2.97. The molecule has 0 saturated heterocycles. The van der Waals surface area contributed by atoms with Crippen LogP contribution in [0.4, 0.5) is 0 Å². The fourth-order valence-electron chi connectivity index (χ4n) is 2.85. The maximum atomic E-state index is 11.1. The topological polar surface area (TPSA) is 69.7 Å². The van der Waals surface area contributed by atoms with Crippen LogP contribution in [0.3, 0.4) is 0 Å². The molecule has 0 fully saturated rings. The molecule has 0 radical (unpaired) electrons. The zero-order valence-electron chi connectivity index (χ0n) is 14.0. The van der Waals surface area contributed by atoms with Crippen LogP contribution in [0.15, 0.2) is 36.4 Å². The standard InChI is InChI=1S/C19H20O5S/c1-25(21,22)10-2-8-23-16-5-6-17-18-11-14(13-20)3-4-15(18)7-9-24-19(17)12-16/h3-6,11-13H,2,7-10H2,1H3. The van der Waals surface area contributed by atoms with E-state index in [1.807, 2.05) is 36.4 Å². The van der Waals surface area contributed by atoms with Crippen LogP contribution in [0.1, 0.15) is 22.3 Å². The van der Waals surface area contributed by atoms with Gasteiger partial charge in [-0.3, -0.25) is 4.79 Å².